The van der Waals surface area contributed by atoms with Crippen LogP contribution in [-0.4, -0.2) is 23.5 Å². The van der Waals surface area contributed by atoms with Crippen LogP contribution in [0.2, 0.25) is 0 Å². The first-order valence-corrected chi connectivity index (χ1v) is 11.5. The predicted octanol–water partition coefficient (Wildman–Crippen LogP) is 2.14. The maximum absolute atomic E-state index is 2.35. The van der Waals surface area contributed by atoms with Gasteiger partial charge in [0, 0.05) is 10.8 Å². The van der Waals surface area contributed by atoms with Gasteiger partial charge in [-0.3, -0.25) is 0 Å². The van der Waals surface area contributed by atoms with E-state index >= 15 is 0 Å². The molecule has 0 saturated heterocycles. The monoisotopic (exact) mass is 412 g/mol. The van der Waals surface area contributed by atoms with E-state index < -0.39 is 0 Å². The molecule has 0 saturated carbocycles. The highest BCUT2D eigenvalue weighted by atomic mass is 14.3. The Labute approximate surface area is 196 Å². The second-order valence-corrected chi connectivity index (χ2v) is 9.93. The van der Waals surface area contributed by atoms with Crippen LogP contribution in [0.1, 0.15) is 48.6 Å². The molecule has 0 aliphatic heterocycles. The molecule has 32 heavy (non-hydrogen) atoms. The summed E-state index contributed by atoms with van der Waals surface area (Å²) in [5.74, 6) is 0. The molecule has 4 rings (SSSR count). The molecule has 0 atom stereocenters. The summed E-state index contributed by atoms with van der Waals surface area (Å²) in [5.41, 5.74) is 10.2. The maximum Gasteiger partial charge on any atom is 0.139 e. The quantitative estimate of drug-likeness (QED) is 0.348. The lowest BCUT2D eigenvalue weighted by molar-refractivity contribution is 0.637. The van der Waals surface area contributed by atoms with Gasteiger partial charge in [-0.2, -0.15) is 0 Å². The number of rotatable bonds is 5. The molecular weight excluding hydrogens is 381 g/mol. The summed E-state index contributed by atoms with van der Waals surface area (Å²) in [7, 11) is 6.44. The minimum Gasteiger partial charge on any atom is -0.0889 e. The summed E-state index contributed by atoms with van der Waals surface area (Å²) in [5, 5.41) is 0. The smallest absolute Gasteiger partial charge is 0.0889 e. The minimum absolute atomic E-state index is 0.0453. The number of benzene rings is 4. The van der Waals surface area contributed by atoms with Crippen LogP contribution >= 0.6 is 0 Å². The number of hydrogen-bond donors (Lipinski definition) is 0. The second kappa shape index (κ2) is 8.55. The Hall–Kier alpha value is -2.93. The normalized spacial score (nSPS) is 12.0. The van der Waals surface area contributed by atoms with E-state index in [1.54, 1.807) is 0 Å². The van der Waals surface area contributed by atoms with Crippen molar-refractivity contribution in [2.45, 2.75) is 31.6 Å². The van der Waals surface area contributed by atoms with Crippen molar-refractivity contribution >= 4 is 39.9 Å². The molecule has 0 heterocycles. The molecule has 0 amide bonds. The third-order valence-electron chi connectivity index (χ3n) is 7.22. The molecule has 3 heteroatoms. The van der Waals surface area contributed by atoms with Crippen LogP contribution in [0.25, 0.3) is 0 Å². The number of hydrogen-bond acceptors (Lipinski definition) is 0. The topological polar surface area (TPSA) is 0 Å². The van der Waals surface area contributed by atoms with Crippen molar-refractivity contribution in [3.8, 4) is 0 Å². The molecular formula is C29H31B3. The Morgan fingerprint density at radius 1 is 0.375 bits per heavy atom. The van der Waals surface area contributed by atoms with Gasteiger partial charge in [-0.15, -0.1) is 0 Å². The fourth-order valence-electron chi connectivity index (χ4n) is 4.63. The van der Waals surface area contributed by atoms with Gasteiger partial charge in [-0.25, -0.2) is 0 Å². The summed E-state index contributed by atoms with van der Waals surface area (Å²) >= 11 is 0. The van der Waals surface area contributed by atoms with E-state index in [-0.39, 0.29) is 10.8 Å². The molecule has 0 aliphatic carbocycles. The fraction of sp³-hybridized carbons (Fsp3) is 0.172. The molecule has 4 aromatic carbocycles. The van der Waals surface area contributed by atoms with Gasteiger partial charge >= 0.3 is 0 Å². The fourth-order valence-corrected chi connectivity index (χ4v) is 4.63. The zero-order valence-electron chi connectivity index (χ0n) is 20.2. The van der Waals surface area contributed by atoms with Crippen molar-refractivity contribution in [1.82, 2.24) is 0 Å². The lowest BCUT2D eigenvalue weighted by Crippen LogP contribution is -2.27. The molecule has 0 spiro atoms. The standard InChI is InChI=1S/C29H31B3/c1-28(2,21-8-14-25(30)15-9-21)20-4-6-22(7-5-20)29(3,23-10-16-26(31)17-11-23)24-12-18-27(32)19-13-24/h4-19H,30-32H2,1-3H3. The Balaban J connectivity index is 1.79. The van der Waals surface area contributed by atoms with E-state index in [9.17, 15) is 0 Å². The lowest BCUT2D eigenvalue weighted by Gasteiger charge is -2.33. The van der Waals surface area contributed by atoms with Gasteiger partial charge < -0.3 is 0 Å². The molecule has 0 radical (unpaired) electrons. The van der Waals surface area contributed by atoms with Crippen molar-refractivity contribution in [1.29, 1.82) is 0 Å². The van der Waals surface area contributed by atoms with Gasteiger partial charge in [-0.05, 0) is 34.7 Å². The highest BCUT2D eigenvalue weighted by Crippen LogP contribution is 2.40. The van der Waals surface area contributed by atoms with Gasteiger partial charge in [0.1, 0.15) is 23.5 Å². The molecule has 0 unspecified atom stereocenters. The van der Waals surface area contributed by atoms with Crippen LogP contribution in [0.15, 0.2) is 97.1 Å². The van der Waals surface area contributed by atoms with Crippen LogP contribution in [0.4, 0.5) is 0 Å². The predicted molar refractivity (Wildman–Crippen MR) is 148 cm³/mol. The van der Waals surface area contributed by atoms with Crippen molar-refractivity contribution < 1.29 is 0 Å². The summed E-state index contributed by atoms with van der Waals surface area (Å²) in [6, 6.07) is 36.2. The van der Waals surface area contributed by atoms with Gasteiger partial charge in [0.25, 0.3) is 0 Å². The zero-order valence-corrected chi connectivity index (χ0v) is 20.2. The van der Waals surface area contributed by atoms with E-state index in [2.05, 4.69) is 141 Å². The molecule has 0 aliphatic rings. The molecule has 0 N–H and O–H groups in total. The van der Waals surface area contributed by atoms with E-state index in [1.807, 2.05) is 0 Å². The first-order chi connectivity index (χ1) is 15.2. The molecule has 4 aromatic rings. The summed E-state index contributed by atoms with van der Waals surface area (Å²) in [6.07, 6.45) is 0. The first kappa shape index (κ1) is 22.3. The third kappa shape index (κ3) is 4.09. The van der Waals surface area contributed by atoms with Crippen molar-refractivity contribution in [2.24, 2.45) is 0 Å². The zero-order chi connectivity index (χ0) is 22.9. The van der Waals surface area contributed by atoms with E-state index in [1.165, 1.54) is 44.2 Å². The second-order valence-electron chi connectivity index (χ2n) is 9.93. The molecule has 0 fully saturated rings. The van der Waals surface area contributed by atoms with Gasteiger partial charge in [0.05, 0.1) is 0 Å². The average molecular weight is 412 g/mol. The lowest BCUT2D eigenvalue weighted by atomic mass is 9.69. The molecule has 0 aromatic heterocycles. The Morgan fingerprint density at radius 2 is 0.594 bits per heavy atom. The average Bonchev–Trinajstić information content (AvgIpc) is 2.80. The highest BCUT2D eigenvalue weighted by molar-refractivity contribution is 6.32. The van der Waals surface area contributed by atoms with Crippen molar-refractivity contribution in [3.05, 3.63) is 125 Å². The van der Waals surface area contributed by atoms with Crippen LogP contribution in [0.5, 0.6) is 0 Å². The van der Waals surface area contributed by atoms with Crippen molar-refractivity contribution in [2.75, 3.05) is 0 Å². The van der Waals surface area contributed by atoms with Gasteiger partial charge in [0.15, 0.2) is 0 Å². The Bertz CT molecular complexity index is 1140. The van der Waals surface area contributed by atoms with Gasteiger partial charge in [0.2, 0.25) is 0 Å². The van der Waals surface area contributed by atoms with E-state index in [4.69, 9.17) is 0 Å². The minimum atomic E-state index is -0.214. The van der Waals surface area contributed by atoms with E-state index in [0.717, 1.165) is 0 Å². The van der Waals surface area contributed by atoms with Crippen LogP contribution in [0.3, 0.4) is 0 Å². The van der Waals surface area contributed by atoms with E-state index in [0.29, 0.717) is 0 Å². The van der Waals surface area contributed by atoms with Gasteiger partial charge in [-0.1, -0.05) is 127 Å². The highest BCUT2D eigenvalue weighted by Gasteiger charge is 2.32. The van der Waals surface area contributed by atoms with Crippen LogP contribution in [-0.2, 0) is 10.8 Å². The first-order valence-electron chi connectivity index (χ1n) is 11.5. The Morgan fingerprint density at radius 3 is 0.906 bits per heavy atom. The van der Waals surface area contributed by atoms with Crippen molar-refractivity contribution in [3.63, 3.8) is 0 Å². The Kier molecular flexibility index (Phi) is 5.95. The molecule has 156 valence electrons. The maximum atomic E-state index is 2.35. The summed E-state index contributed by atoms with van der Waals surface area (Å²) < 4.78 is 0. The summed E-state index contributed by atoms with van der Waals surface area (Å²) in [6.45, 7) is 6.97. The molecule has 0 bridgehead atoms. The SMILES string of the molecule is Bc1ccc(C(C)(C)c2ccc(C(C)(c3ccc(B)cc3)c3ccc(B)cc3)cc2)cc1. The molecule has 0 nitrogen and oxygen atoms in total. The third-order valence-corrected chi connectivity index (χ3v) is 7.22. The van der Waals surface area contributed by atoms with Crippen LogP contribution in [0, 0.1) is 0 Å². The summed E-state index contributed by atoms with van der Waals surface area (Å²) in [4.78, 5) is 0. The van der Waals surface area contributed by atoms with Crippen LogP contribution < -0.4 is 16.4 Å². The largest absolute Gasteiger partial charge is 0.139 e.